The van der Waals surface area contributed by atoms with E-state index in [-0.39, 0.29) is 12.1 Å². The van der Waals surface area contributed by atoms with Gasteiger partial charge < -0.3 is 5.32 Å². The molecular formula is C21H29N5O. The van der Waals surface area contributed by atoms with Crippen LogP contribution >= 0.6 is 0 Å². The normalized spacial score (nSPS) is 19.3. The summed E-state index contributed by atoms with van der Waals surface area (Å²) in [4.78, 5) is 14.8. The first-order valence-electron chi connectivity index (χ1n) is 10.2. The summed E-state index contributed by atoms with van der Waals surface area (Å²) in [5, 5.41) is 13.3. The van der Waals surface area contributed by atoms with Gasteiger partial charge in [0, 0.05) is 37.7 Å². The van der Waals surface area contributed by atoms with Gasteiger partial charge >= 0.3 is 6.03 Å². The molecule has 0 atom stereocenters. The van der Waals surface area contributed by atoms with Crippen LogP contribution in [-0.4, -0.2) is 40.3 Å². The first-order valence-corrected chi connectivity index (χ1v) is 10.2. The Bertz CT molecular complexity index is 730. The topological polar surface area (TPSA) is 73.0 Å². The molecule has 3 N–H and O–H groups in total. The second-order valence-electron chi connectivity index (χ2n) is 7.82. The molecule has 2 heterocycles. The van der Waals surface area contributed by atoms with Crippen LogP contribution in [0.15, 0.2) is 36.4 Å². The van der Waals surface area contributed by atoms with Gasteiger partial charge in [0.25, 0.3) is 0 Å². The fraction of sp³-hybridized carbons (Fsp3) is 0.524. The number of rotatable bonds is 5. The molecule has 1 aromatic carbocycles. The number of hydrogen-bond donors (Lipinski definition) is 3. The molecule has 0 radical (unpaired) electrons. The van der Waals surface area contributed by atoms with Crippen LogP contribution < -0.4 is 10.6 Å². The molecule has 1 saturated heterocycles. The van der Waals surface area contributed by atoms with Crippen LogP contribution in [0.4, 0.5) is 10.6 Å². The Kier molecular flexibility index (Phi) is 5.72. The molecular weight excluding hydrogens is 338 g/mol. The number of anilines is 1. The minimum Gasteiger partial charge on any atom is -0.335 e. The van der Waals surface area contributed by atoms with Gasteiger partial charge in [0.15, 0.2) is 0 Å². The van der Waals surface area contributed by atoms with Crippen molar-refractivity contribution in [2.24, 2.45) is 0 Å². The van der Waals surface area contributed by atoms with Crippen molar-refractivity contribution in [3.63, 3.8) is 0 Å². The number of urea groups is 1. The molecule has 6 heteroatoms. The number of aromatic nitrogens is 2. The first-order chi connectivity index (χ1) is 13.3. The van der Waals surface area contributed by atoms with Gasteiger partial charge in [-0.25, -0.2) is 4.79 Å². The SMILES string of the molecule is O=C(Nc1cc(C2CCCC2)n[nH]1)NC1CCN(Cc2ccccc2)CC1. The monoisotopic (exact) mass is 367 g/mol. The Labute approximate surface area is 160 Å². The highest BCUT2D eigenvalue weighted by Gasteiger charge is 2.22. The highest BCUT2D eigenvalue weighted by atomic mass is 16.2. The van der Waals surface area contributed by atoms with Gasteiger partial charge in [-0.05, 0) is 31.2 Å². The lowest BCUT2D eigenvalue weighted by Gasteiger charge is -2.32. The predicted octanol–water partition coefficient (Wildman–Crippen LogP) is 3.85. The maximum Gasteiger partial charge on any atom is 0.320 e. The summed E-state index contributed by atoms with van der Waals surface area (Å²) in [6, 6.07) is 12.6. The Morgan fingerprint density at radius 2 is 1.85 bits per heavy atom. The molecule has 1 aliphatic heterocycles. The third kappa shape index (κ3) is 4.89. The molecule has 2 aromatic rings. The average molecular weight is 367 g/mol. The maximum absolute atomic E-state index is 12.3. The van der Waals surface area contributed by atoms with Crippen molar-refractivity contribution >= 4 is 11.8 Å². The predicted molar refractivity (Wildman–Crippen MR) is 107 cm³/mol. The fourth-order valence-electron chi connectivity index (χ4n) is 4.25. The van der Waals surface area contributed by atoms with Gasteiger partial charge in [0.2, 0.25) is 0 Å². The smallest absolute Gasteiger partial charge is 0.320 e. The number of nitrogens with zero attached hydrogens (tertiary/aromatic N) is 2. The number of nitrogens with one attached hydrogen (secondary N) is 3. The molecule has 1 aromatic heterocycles. The number of H-pyrrole nitrogens is 1. The van der Waals surface area contributed by atoms with Crippen LogP contribution in [0, 0.1) is 0 Å². The molecule has 2 amide bonds. The highest BCUT2D eigenvalue weighted by Crippen LogP contribution is 2.33. The third-order valence-corrected chi connectivity index (χ3v) is 5.79. The van der Waals surface area contributed by atoms with Crippen LogP contribution in [0.3, 0.4) is 0 Å². The van der Waals surface area contributed by atoms with Crippen molar-refractivity contribution in [3.05, 3.63) is 47.7 Å². The molecule has 1 aliphatic carbocycles. The van der Waals surface area contributed by atoms with Crippen LogP contribution in [0.1, 0.15) is 55.7 Å². The largest absolute Gasteiger partial charge is 0.335 e. The Morgan fingerprint density at radius 1 is 1.11 bits per heavy atom. The van der Waals surface area contributed by atoms with E-state index >= 15 is 0 Å². The summed E-state index contributed by atoms with van der Waals surface area (Å²) in [7, 11) is 0. The summed E-state index contributed by atoms with van der Waals surface area (Å²) in [6.45, 7) is 3.00. The fourth-order valence-corrected chi connectivity index (χ4v) is 4.25. The van der Waals surface area contributed by atoms with Gasteiger partial charge in [-0.3, -0.25) is 15.3 Å². The lowest BCUT2D eigenvalue weighted by molar-refractivity contribution is 0.190. The number of hydrogen-bond acceptors (Lipinski definition) is 3. The molecule has 0 spiro atoms. The van der Waals surface area contributed by atoms with Crippen molar-refractivity contribution in [2.45, 2.75) is 57.0 Å². The van der Waals surface area contributed by atoms with E-state index in [1.165, 1.54) is 31.2 Å². The molecule has 0 bridgehead atoms. The summed E-state index contributed by atoms with van der Waals surface area (Å²) in [6.07, 6.45) is 6.94. The maximum atomic E-state index is 12.3. The highest BCUT2D eigenvalue weighted by molar-refractivity contribution is 5.88. The number of carbonyl (C=O) groups is 1. The number of aromatic amines is 1. The first kappa shape index (κ1) is 18.0. The van der Waals surface area contributed by atoms with Crippen molar-refractivity contribution in [1.82, 2.24) is 20.4 Å². The van der Waals surface area contributed by atoms with E-state index in [9.17, 15) is 4.79 Å². The lowest BCUT2D eigenvalue weighted by atomic mass is 10.0. The lowest BCUT2D eigenvalue weighted by Crippen LogP contribution is -2.45. The summed E-state index contributed by atoms with van der Waals surface area (Å²) >= 11 is 0. The van der Waals surface area contributed by atoms with Crippen molar-refractivity contribution < 1.29 is 4.79 Å². The molecule has 0 unspecified atom stereocenters. The second kappa shape index (κ2) is 8.57. The molecule has 4 rings (SSSR count). The van der Waals surface area contributed by atoms with E-state index in [4.69, 9.17) is 0 Å². The van der Waals surface area contributed by atoms with E-state index in [0.29, 0.717) is 11.7 Å². The summed E-state index contributed by atoms with van der Waals surface area (Å²) < 4.78 is 0. The standard InChI is InChI=1S/C21H29N5O/c27-21(23-20-14-19(24-25-20)17-8-4-5-9-17)22-18-10-12-26(13-11-18)15-16-6-2-1-3-7-16/h1-3,6-7,14,17-18H,4-5,8-13,15H2,(H3,22,23,24,25,27). The number of amides is 2. The zero-order valence-electron chi connectivity index (χ0n) is 15.8. The van der Waals surface area contributed by atoms with Crippen LogP contribution in [0.2, 0.25) is 0 Å². The van der Waals surface area contributed by atoms with Gasteiger partial charge in [-0.15, -0.1) is 0 Å². The number of likely N-dealkylation sites (tertiary alicyclic amines) is 1. The number of carbonyl (C=O) groups excluding carboxylic acids is 1. The minimum atomic E-state index is -0.141. The molecule has 2 aliphatic rings. The zero-order valence-corrected chi connectivity index (χ0v) is 15.8. The van der Waals surface area contributed by atoms with Crippen LogP contribution in [0.25, 0.3) is 0 Å². The third-order valence-electron chi connectivity index (χ3n) is 5.79. The van der Waals surface area contributed by atoms with E-state index in [1.807, 2.05) is 6.07 Å². The van der Waals surface area contributed by atoms with Gasteiger partial charge in [-0.2, -0.15) is 5.10 Å². The van der Waals surface area contributed by atoms with E-state index in [1.54, 1.807) is 0 Å². The Morgan fingerprint density at radius 3 is 2.59 bits per heavy atom. The van der Waals surface area contributed by atoms with Gasteiger partial charge in [-0.1, -0.05) is 43.2 Å². The minimum absolute atomic E-state index is 0.141. The molecule has 27 heavy (non-hydrogen) atoms. The van der Waals surface area contributed by atoms with Crippen molar-refractivity contribution in [1.29, 1.82) is 0 Å². The molecule has 6 nitrogen and oxygen atoms in total. The van der Waals surface area contributed by atoms with E-state index in [0.717, 1.165) is 38.2 Å². The molecule has 144 valence electrons. The molecule has 1 saturated carbocycles. The van der Waals surface area contributed by atoms with E-state index in [2.05, 4.69) is 56.1 Å². The van der Waals surface area contributed by atoms with Gasteiger partial charge in [0.05, 0.1) is 5.69 Å². The van der Waals surface area contributed by atoms with E-state index < -0.39 is 0 Å². The quantitative estimate of drug-likeness (QED) is 0.751. The van der Waals surface area contributed by atoms with Crippen LogP contribution in [-0.2, 0) is 6.54 Å². The van der Waals surface area contributed by atoms with Crippen LogP contribution in [0.5, 0.6) is 0 Å². The average Bonchev–Trinajstić information content (AvgIpc) is 3.36. The summed E-state index contributed by atoms with van der Waals surface area (Å²) in [5.41, 5.74) is 2.43. The van der Waals surface area contributed by atoms with Crippen molar-refractivity contribution in [3.8, 4) is 0 Å². The molecule has 2 fully saturated rings. The zero-order chi connectivity index (χ0) is 18.5. The number of benzene rings is 1. The van der Waals surface area contributed by atoms with Crippen molar-refractivity contribution in [2.75, 3.05) is 18.4 Å². The Balaban J connectivity index is 1.20. The summed E-state index contributed by atoms with van der Waals surface area (Å²) in [5.74, 6) is 1.24. The Hall–Kier alpha value is -2.34. The second-order valence-corrected chi connectivity index (χ2v) is 7.82. The van der Waals surface area contributed by atoms with Gasteiger partial charge in [0.1, 0.15) is 5.82 Å². The number of piperidine rings is 1.